The molecule has 0 aliphatic rings. The van der Waals surface area contributed by atoms with E-state index in [1.165, 1.54) is 5.56 Å². The molecule has 0 saturated heterocycles. The second-order valence-electron chi connectivity index (χ2n) is 5.94. The summed E-state index contributed by atoms with van der Waals surface area (Å²) in [5.74, 6) is 0.0418. The average Bonchev–Trinajstić information content (AvgIpc) is 2.51. The van der Waals surface area contributed by atoms with Gasteiger partial charge in [-0.3, -0.25) is 4.79 Å². The van der Waals surface area contributed by atoms with Gasteiger partial charge >= 0.3 is 0 Å². The fraction of sp³-hybridized carbons (Fsp3) is 0.316. The largest absolute Gasteiger partial charge is 0.330 e. The molecule has 0 unspecified atom stereocenters. The van der Waals surface area contributed by atoms with Gasteiger partial charge in [-0.05, 0) is 38.8 Å². The first kappa shape index (κ1) is 16.2. The standard InChI is InChI=1S/C19H24N2O/c1-13-9-8-10-14(2)18(13)21-19(22)16(4)20-15(3)17-11-6-5-7-12-17/h5-12,15-16,20H,1-4H3,(H,21,22)/p+1/t15-,16+/m0/s1. The SMILES string of the molecule is Cc1cccc(C)c1NC(=O)[C@@H](C)[NH2+][C@@H](C)c1ccccc1. The molecule has 0 fully saturated rings. The van der Waals surface area contributed by atoms with Gasteiger partial charge in [-0.2, -0.15) is 0 Å². The topological polar surface area (TPSA) is 45.7 Å². The number of rotatable bonds is 5. The summed E-state index contributed by atoms with van der Waals surface area (Å²) in [4.78, 5) is 12.4. The molecule has 1 amide bonds. The molecule has 22 heavy (non-hydrogen) atoms. The fourth-order valence-electron chi connectivity index (χ4n) is 2.64. The number of amides is 1. The van der Waals surface area contributed by atoms with E-state index in [2.05, 4.69) is 29.7 Å². The van der Waals surface area contributed by atoms with Crippen LogP contribution >= 0.6 is 0 Å². The molecule has 0 heterocycles. The lowest BCUT2D eigenvalue weighted by molar-refractivity contribution is -0.709. The maximum atomic E-state index is 12.4. The minimum absolute atomic E-state index is 0.0418. The Labute approximate surface area is 132 Å². The second-order valence-corrected chi connectivity index (χ2v) is 5.94. The van der Waals surface area contributed by atoms with E-state index in [0.29, 0.717) is 0 Å². The molecule has 2 aromatic rings. The van der Waals surface area contributed by atoms with Crippen LogP contribution in [0.15, 0.2) is 48.5 Å². The molecule has 116 valence electrons. The Morgan fingerprint density at radius 2 is 1.55 bits per heavy atom. The molecular formula is C19H25N2O+. The Balaban J connectivity index is 2.01. The summed E-state index contributed by atoms with van der Waals surface area (Å²) in [7, 11) is 0. The Hall–Kier alpha value is -2.13. The molecule has 2 atom stereocenters. The summed E-state index contributed by atoms with van der Waals surface area (Å²) in [5, 5.41) is 5.16. The normalized spacial score (nSPS) is 13.5. The number of nitrogens with two attached hydrogens (primary N) is 1. The van der Waals surface area contributed by atoms with Gasteiger partial charge in [0.25, 0.3) is 5.91 Å². The third-order valence-electron chi connectivity index (χ3n) is 4.05. The molecule has 3 heteroatoms. The summed E-state index contributed by atoms with van der Waals surface area (Å²) in [6.45, 7) is 8.10. The van der Waals surface area contributed by atoms with Crippen LogP contribution in [0, 0.1) is 13.8 Å². The van der Waals surface area contributed by atoms with Crippen molar-refractivity contribution in [1.29, 1.82) is 0 Å². The van der Waals surface area contributed by atoms with E-state index in [0.717, 1.165) is 16.8 Å². The summed E-state index contributed by atoms with van der Waals surface area (Å²) in [6.07, 6.45) is 0. The van der Waals surface area contributed by atoms with Crippen molar-refractivity contribution in [2.45, 2.75) is 39.8 Å². The predicted molar refractivity (Wildman–Crippen MR) is 90.8 cm³/mol. The van der Waals surface area contributed by atoms with Crippen molar-refractivity contribution in [1.82, 2.24) is 0 Å². The molecule has 3 N–H and O–H groups in total. The quantitative estimate of drug-likeness (QED) is 0.875. The monoisotopic (exact) mass is 297 g/mol. The van der Waals surface area contributed by atoms with Crippen molar-refractivity contribution in [2.24, 2.45) is 0 Å². The minimum atomic E-state index is -0.144. The van der Waals surface area contributed by atoms with Gasteiger partial charge in [0, 0.05) is 11.3 Å². The summed E-state index contributed by atoms with van der Waals surface area (Å²) < 4.78 is 0. The maximum absolute atomic E-state index is 12.4. The highest BCUT2D eigenvalue weighted by molar-refractivity contribution is 5.94. The molecule has 2 rings (SSSR count). The molecule has 0 bridgehead atoms. The Morgan fingerprint density at radius 1 is 0.955 bits per heavy atom. The van der Waals surface area contributed by atoms with Crippen molar-refractivity contribution >= 4 is 11.6 Å². The predicted octanol–water partition coefficient (Wildman–Crippen LogP) is 2.96. The molecule has 0 spiro atoms. The molecule has 3 nitrogen and oxygen atoms in total. The van der Waals surface area contributed by atoms with E-state index >= 15 is 0 Å². The number of aryl methyl sites for hydroxylation is 2. The number of nitrogens with one attached hydrogen (secondary N) is 1. The average molecular weight is 297 g/mol. The van der Waals surface area contributed by atoms with E-state index in [1.807, 2.05) is 57.2 Å². The van der Waals surface area contributed by atoms with Gasteiger partial charge in [0.1, 0.15) is 6.04 Å². The lowest BCUT2D eigenvalue weighted by atomic mass is 10.1. The maximum Gasteiger partial charge on any atom is 0.282 e. The number of anilines is 1. The molecule has 0 aromatic heterocycles. The van der Waals surface area contributed by atoms with Gasteiger partial charge in [0.2, 0.25) is 0 Å². The van der Waals surface area contributed by atoms with Crippen LogP contribution in [0.3, 0.4) is 0 Å². The third kappa shape index (κ3) is 3.95. The Kier molecular flexibility index (Phi) is 5.34. The number of quaternary nitrogens is 1. The summed E-state index contributed by atoms with van der Waals surface area (Å²) in [6, 6.07) is 16.4. The van der Waals surface area contributed by atoms with Gasteiger partial charge < -0.3 is 10.6 Å². The van der Waals surface area contributed by atoms with Crippen molar-refractivity contribution in [3.05, 3.63) is 65.2 Å². The molecule has 0 aliphatic heterocycles. The van der Waals surface area contributed by atoms with Gasteiger partial charge in [-0.25, -0.2) is 0 Å². The zero-order chi connectivity index (χ0) is 16.1. The number of hydrogen-bond acceptors (Lipinski definition) is 1. The van der Waals surface area contributed by atoms with Crippen LogP contribution in [0.1, 0.15) is 36.6 Å². The van der Waals surface area contributed by atoms with Gasteiger partial charge in [0.15, 0.2) is 6.04 Å². The van der Waals surface area contributed by atoms with E-state index in [1.54, 1.807) is 0 Å². The first-order valence-electron chi connectivity index (χ1n) is 7.76. The highest BCUT2D eigenvalue weighted by Crippen LogP contribution is 2.19. The zero-order valence-electron chi connectivity index (χ0n) is 13.8. The minimum Gasteiger partial charge on any atom is -0.330 e. The lowest BCUT2D eigenvalue weighted by Crippen LogP contribution is -2.91. The van der Waals surface area contributed by atoms with Gasteiger partial charge in [0.05, 0.1) is 0 Å². The Bertz CT molecular complexity index is 617. The van der Waals surface area contributed by atoms with Crippen LogP contribution in [0.5, 0.6) is 0 Å². The van der Waals surface area contributed by atoms with E-state index in [9.17, 15) is 4.79 Å². The van der Waals surface area contributed by atoms with E-state index in [4.69, 9.17) is 0 Å². The van der Waals surface area contributed by atoms with Crippen LogP contribution in [0.4, 0.5) is 5.69 Å². The first-order valence-corrected chi connectivity index (χ1v) is 7.76. The molecule has 2 aromatic carbocycles. The van der Waals surface area contributed by atoms with Gasteiger partial charge in [-0.1, -0.05) is 48.5 Å². The molecule has 0 saturated carbocycles. The first-order chi connectivity index (χ1) is 10.5. The fourth-order valence-corrected chi connectivity index (χ4v) is 2.64. The van der Waals surface area contributed by atoms with Crippen molar-refractivity contribution in [3.63, 3.8) is 0 Å². The van der Waals surface area contributed by atoms with E-state index < -0.39 is 0 Å². The number of carbonyl (C=O) groups is 1. The highest BCUT2D eigenvalue weighted by atomic mass is 16.2. The molecule has 0 radical (unpaired) electrons. The Morgan fingerprint density at radius 3 is 2.14 bits per heavy atom. The smallest absolute Gasteiger partial charge is 0.282 e. The van der Waals surface area contributed by atoms with Crippen LogP contribution in [-0.4, -0.2) is 11.9 Å². The number of carbonyl (C=O) groups excluding carboxylic acids is 1. The summed E-state index contributed by atoms with van der Waals surface area (Å²) in [5.41, 5.74) is 4.35. The number of hydrogen-bond donors (Lipinski definition) is 2. The third-order valence-corrected chi connectivity index (χ3v) is 4.05. The highest BCUT2D eigenvalue weighted by Gasteiger charge is 2.21. The van der Waals surface area contributed by atoms with Crippen molar-refractivity contribution < 1.29 is 10.1 Å². The number of para-hydroxylation sites is 1. The molecular weight excluding hydrogens is 272 g/mol. The second kappa shape index (κ2) is 7.23. The van der Waals surface area contributed by atoms with Crippen molar-refractivity contribution in [2.75, 3.05) is 5.32 Å². The zero-order valence-corrected chi connectivity index (χ0v) is 13.8. The summed E-state index contributed by atoms with van der Waals surface area (Å²) >= 11 is 0. The van der Waals surface area contributed by atoms with E-state index in [-0.39, 0.29) is 18.0 Å². The van der Waals surface area contributed by atoms with Crippen LogP contribution in [-0.2, 0) is 4.79 Å². The van der Waals surface area contributed by atoms with Crippen LogP contribution in [0.2, 0.25) is 0 Å². The number of benzene rings is 2. The molecule has 0 aliphatic carbocycles. The van der Waals surface area contributed by atoms with Crippen LogP contribution in [0.25, 0.3) is 0 Å². The van der Waals surface area contributed by atoms with Crippen molar-refractivity contribution in [3.8, 4) is 0 Å². The van der Waals surface area contributed by atoms with Crippen LogP contribution < -0.4 is 10.6 Å². The van der Waals surface area contributed by atoms with Gasteiger partial charge in [-0.15, -0.1) is 0 Å². The lowest BCUT2D eigenvalue weighted by Gasteiger charge is -2.18.